The second kappa shape index (κ2) is 6.61. The molecule has 2 atom stereocenters. The summed E-state index contributed by atoms with van der Waals surface area (Å²) >= 11 is 3.64. The van der Waals surface area contributed by atoms with Gasteiger partial charge in [-0.1, -0.05) is 79.2 Å². The van der Waals surface area contributed by atoms with Gasteiger partial charge in [0.25, 0.3) is 0 Å². The maximum atomic E-state index is 11.4. The minimum atomic E-state index is 0.0821. The van der Waals surface area contributed by atoms with Crippen molar-refractivity contribution >= 4 is 15.9 Å². The lowest BCUT2D eigenvalue weighted by Crippen LogP contribution is -2.56. The first-order valence-corrected chi connectivity index (χ1v) is 12.4. The van der Waals surface area contributed by atoms with Gasteiger partial charge in [-0.2, -0.15) is 0 Å². The zero-order valence-corrected chi connectivity index (χ0v) is 19.6. The first kappa shape index (κ1) is 19.7. The highest BCUT2D eigenvalue weighted by Crippen LogP contribution is 2.67. The summed E-state index contributed by atoms with van der Waals surface area (Å²) in [7, 11) is 0. The van der Waals surface area contributed by atoms with E-state index in [-0.39, 0.29) is 10.8 Å². The molecule has 6 rings (SSSR count). The quantitative estimate of drug-likeness (QED) is 0.481. The Bertz CT molecular complexity index is 910. The Hall–Kier alpha value is -1.28. The van der Waals surface area contributed by atoms with Crippen molar-refractivity contribution in [3.05, 3.63) is 64.7 Å². The Kier molecular flexibility index (Phi) is 4.48. The minimum Gasteiger partial charge on any atom is -0.507 e. The van der Waals surface area contributed by atoms with Gasteiger partial charge >= 0.3 is 0 Å². The van der Waals surface area contributed by atoms with E-state index in [1.54, 1.807) is 0 Å². The van der Waals surface area contributed by atoms with Crippen LogP contribution in [0.25, 0.3) is 0 Å². The average Bonchev–Trinajstić information content (AvgIpc) is 2.67. The third-order valence-corrected chi connectivity index (χ3v) is 8.82. The Balaban J connectivity index is 1.67. The van der Waals surface area contributed by atoms with Gasteiger partial charge in [-0.3, -0.25) is 0 Å². The highest BCUT2D eigenvalue weighted by atomic mass is 79.9. The van der Waals surface area contributed by atoms with Crippen LogP contribution < -0.4 is 0 Å². The van der Waals surface area contributed by atoms with Crippen molar-refractivity contribution in [3.63, 3.8) is 0 Å². The molecule has 1 N–H and O–H groups in total. The predicted molar refractivity (Wildman–Crippen MR) is 124 cm³/mol. The lowest BCUT2D eigenvalue weighted by Gasteiger charge is -2.63. The Morgan fingerprint density at radius 2 is 1.59 bits per heavy atom. The molecule has 1 nitrogen and oxygen atoms in total. The van der Waals surface area contributed by atoms with Gasteiger partial charge < -0.3 is 5.11 Å². The molecule has 0 spiro atoms. The number of hydrogen-bond acceptors (Lipinski definition) is 1. The molecular formula is C27H33BrO. The van der Waals surface area contributed by atoms with Crippen LogP contribution in [0, 0.1) is 11.8 Å². The highest BCUT2D eigenvalue weighted by Gasteiger charge is 2.59. The van der Waals surface area contributed by atoms with Gasteiger partial charge in [0.05, 0.1) is 0 Å². The topological polar surface area (TPSA) is 20.2 Å². The molecule has 2 aromatic carbocycles. The van der Waals surface area contributed by atoms with Gasteiger partial charge in [0.2, 0.25) is 0 Å². The maximum Gasteiger partial charge on any atom is 0.123 e. The van der Waals surface area contributed by atoms with Gasteiger partial charge in [-0.15, -0.1) is 0 Å². The van der Waals surface area contributed by atoms with E-state index >= 15 is 0 Å². The summed E-state index contributed by atoms with van der Waals surface area (Å²) in [4.78, 5) is 0. The number of benzene rings is 2. The van der Waals surface area contributed by atoms with Gasteiger partial charge in [0, 0.05) is 21.9 Å². The molecule has 4 bridgehead atoms. The van der Waals surface area contributed by atoms with Crippen LogP contribution in [0.15, 0.2) is 42.5 Å². The smallest absolute Gasteiger partial charge is 0.123 e. The Morgan fingerprint density at radius 3 is 2.17 bits per heavy atom. The summed E-state index contributed by atoms with van der Waals surface area (Å²) in [5.41, 5.74) is 5.69. The normalized spacial score (nSPS) is 33.2. The number of halogens is 1. The van der Waals surface area contributed by atoms with E-state index in [2.05, 4.69) is 79.2 Å². The average molecular weight is 453 g/mol. The molecule has 0 radical (unpaired) electrons. The summed E-state index contributed by atoms with van der Waals surface area (Å²) in [6.45, 7) is 6.85. The maximum absolute atomic E-state index is 11.4. The van der Waals surface area contributed by atoms with Crippen LogP contribution in [0.1, 0.15) is 81.5 Å². The Morgan fingerprint density at radius 1 is 0.966 bits per heavy atom. The van der Waals surface area contributed by atoms with Gasteiger partial charge in [0.1, 0.15) is 5.75 Å². The van der Waals surface area contributed by atoms with Crippen LogP contribution in [-0.4, -0.2) is 5.11 Å². The van der Waals surface area contributed by atoms with E-state index in [4.69, 9.17) is 0 Å². The van der Waals surface area contributed by atoms with Crippen molar-refractivity contribution in [2.75, 3.05) is 0 Å². The summed E-state index contributed by atoms with van der Waals surface area (Å²) in [6.07, 6.45) is 7.75. The van der Waals surface area contributed by atoms with Crippen molar-refractivity contribution < 1.29 is 5.11 Å². The fourth-order valence-corrected chi connectivity index (χ4v) is 7.77. The molecular weight excluding hydrogens is 420 g/mol. The van der Waals surface area contributed by atoms with E-state index in [1.165, 1.54) is 55.2 Å². The first-order valence-electron chi connectivity index (χ1n) is 11.2. The number of hydrogen-bond donors (Lipinski definition) is 1. The van der Waals surface area contributed by atoms with Crippen molar-refractivity contribution in [1.29, 1.82) is 0 Å². The zero-order chi connectivity index (χ0) is 20.4. The van der Waals surface area contributed by atoms with E-state index < -0.39 is 0 Å². The molecule has 2 unspecified atom stereocenters. The number of phenols is 1. The van der Waals surface area contributed by atoms with E-state index in [0.29, 0.717) is 16.5 Å². The summed E-state index contributed by atoms with van der Waals surface area (Å²) in [5.74, 6) is 2.14. The first-order chi connectivity index (χ1) is 13.7. The largest absolute Gasteiger partial charge is 0.507 e. The van der Waals surface area contributed by atoms with Crippen molar-refractivity contribution in [2.45, 2.75) is 80.9 Å². The molecule has 0 amide bonds. The molecule has 0 aromatic heterocycles. The van der Waals surface area contributed by atoms with Crippen LogP contribution in [-0.2, 0) is 21.6 Å². The van der Waals surface area contributed by atoms with E-state index in [1.807, 2.05) is 0 Å². The lowest BCUT2D eigenvalue weighted by atomic mass is 9.41. The van der Waals surface area contributed by atoms with Crippen LogP contribution in [0.5, 0.6) is 5.75 Å². The second-order valence-electron chi connectivity index (χ2n) is 11.3. The minimum absolute atomic E-state index is 0.0821. The monoisotopic (exact) mass is 452 g/mol. The molecule has 4 saturated carbocycles. The predicted octanol–water partition coefficient (Wildman–Crippen LogP) is 7.37. The standard InChI is InChI=1S/C27H33BrO/c1-25(2,3)22-10-20(16-28)24(29)23(11-22)27-14-18-9-19(15-27)13-26(12-18,17-27)21-7-5-4-6-8-21/h4-8,10-11,18-19,29H,9,12-17H2,1-3H3. The van der Waals surface area contributed by atoms with Crippen molar-refractivity contribution in [1.82, 2.24) is 0 Å². The lowest BCUT2D eigenvalue weighted by molar-refractivity contribution is -0.0290. The van der Waals surface area contributed by atoms with E-state index in [9.17, 15) is 5.11 Å². The fraction of sp³-hybridized carbons (Fsp3) is 0.556. The van der Waals surface area contributed by atoms with Crippen LogP contribution in [0.4, 0.5) is 0 Å². The zero-order valence-electron chi connectivity index (χ0n) is 18.0. The molecule has 154 valence electrons. The SMILES string of the molecule is CC(C)(C)c1cc(CBr)c(O)c(C23CC4CC(CC(c5ccccc5)(C4)C2)C3)c1. The summed E-state index contributed by atoms with van der Waals surface area (Å²) < 4.78 is 0. The number of alkyl halides is 1. The Labute approximate surface area is 184 Å². The summed E-state index contributed by atoms with van der Waals surface area (Å²) in [5, 5.41) is 12.1. The number of phenolic OH excluding ortho intramolecular Hbond substituents is 1. The molecule has 0 heterocycles. The molecule has 4 aliphatic carbocycles. The van der Waals surface area contributed by atoms with Gasteiger partial charge in [-0.05, 0) is 72.3 Å². The van der Waals surface area contributed by atoms with Crippen molar-refractivity contribution in [3.8, 4) is 5.75 Å². The van der Waals surface area contributed by atoms with Crippen LogP contribution in [0.2, 0.25) is 0 Å². The molecule has 0 saturated heterocycles. The van der Waals surface area contributed by atoms with Crippen LogP contribution in [0.3, 0.4) is 0 Å². The van der Waals surface area contributed by atoms with Gasteiger partial charge in [-0.25, -0.2) is 0 Å². The van der Waals surface area contributed by atoms with Crippen LogP contribution >= 0.6 is 15.9 Å². The second-order valence-corrected chi connectivity index (χ2v) is 11.9. The van der Waals surface area contributed by atoms with Crippen molar-refractivity contribution in [2.24, 2.45) is 11.8 Å². The third-order valence-electron chi connectivity index (χ3n) is 8.22. The number of rotatable bonds is 3. The number of aromatic hydroxyl groups is 1. The third kappa shape index (κ3) is 3.09. The summed E-state index contributed by atoms with van der Waals surface area (Å²) in [6, 6.07) is 15.9. The van der Waals surface area contributed by atoms with E-state index in [0.717, 1.165) is 17.4 Å². The molecule has 4 fully saturated rings. The molecule has 2 aromatic rings. The molecule has 2 heteroatoms. The molecule has 29 heavy (non-hydrogen) atoms. The van der Waals surface area contributed by atoms with Gasteiger partial charge in [0.15, 0.2) is 0 Å². The fourth-order valence-electron chi connectivity index (χ4n) is 7.34. The molecule has 0 aliphatic heterocycles. The molecule has 4 aliphatic rings. The highest BCUT2D eigenvalue weighted by molar-refractivity contribution is 9.08.